The van der Waals surface area contributed by atoms with Crippen LogP contribution in [0.15, 0.2) is 42.6 Å². The summed E-state index contributed by atoms with van der Waals surface area (Å²) < 4.78 is 31.5. The number of ether oxygens (including phenoxy) is 3. The molecule has 1 saturated carbocycles. The second-order valence-electron chi connectivity index (χ2n) is 8.12. The van der Waals surface area contributed by atoms with Crippen molar-refractivity contribution >= 4 is 10.9 Å². The van der Waals surface area contributed by atoms with Gasteiger partial charge in [0.25, 0.3) is 0 Å². The molecule has 3 atom stereocenters. The standard InChI is InChI=1S/C24H27FN2O3/c1-2-28-22-4-3-5-23-24(22)30-18(14-29-23)12-26-17-8-6-15(10-17)20-13-27-21-9-7-16(25)11-19(20)21/h3-5,7,9,11,13,15,17-18,26-27H,2,6,8,10,12,14H2,1H3/t15-,17+,18+/m1/s1. The van der Waals surface area contributed by atoms with E-state index in [9.17, 15) is 4.39 Å². The van der Waals surface area contributed by atoms with E-state index < -0.39 is 0 Å². The molecule has 30 heavy (non-hydrogen) atoms. The summed E-state index contributed by atoms with van der Waals surface area (Å²) in [5.41, 5.74) is 2.22. The maximum atomic E-state index is 13.7. The van der Waals surface area contributed by atoms with E-state index in [0.717, 1.165) is 48.2 Å². The van der Waals surface area contributed by atoms with Crippen LogP contribution < -0.4 is 19.5 Å². The molecule has 1 aromatic heterocycles. The number of aromatic amines is 1. The van der Waals surface area contributed by atoms with Gasteiger partial charge in [-0.15, -0.1) is 0 Å². The fourth-order valence-corrected chi connectivity index (χ4v) is 4.68. The van der Waals surface area contributed by atoms with E-state index >= 15 is 0 Å². The molecule has 2 N–H and O–H groups in total. The molecule has 0 amide bonds. The molecular weight excluding hydrogens is 383 g/mol. The molecule has 5 rings (SSSR count). The highest BCUT2D eigenvalue weighted by atomic mass is 19.1. The van der Waals surface area contributed by atoms with Crippen molar-refractivity contribution in [3.63, 3.8) is 0 Å². The lowest BCUT2D eigenvalue weighted by Crippen LogP contribution is -2.41. The first-order chi connectivity index (χ1) is 14.7. The van der Waals surface area contributed by atoms with Gasteiger partial charge in [-0.05, 0) is 68.0 Å². The lowest BCUT2D eigenvalue weighted by atomic mass is 9.97. The number of hydrogen-bond donors (Lipinski definition) is 2. The molecule has 1 fully saturated rings. The monoisotopic (exact) mass is 410 g/mol. The molecule has 158 valence electrons. The molecule has 3 aromatic rings. The fourth-order valence-electron chi connectivity index (χ4n) is 4.68. The Hall–Kier alpha value is -2.73. The second-order valence-corrected chi connectivity index (χ2v) is 8.12. The number of benzene rings is 2. The summed E-state index contributed by atoms with van der Waals surface area (Å²) in [5.74, 6) is 2.42. The summed E-state index contributed by atoms with van der Waals surface area (Å²) in [5, 5.41) is 4.66. The highest BCUT2D eigenvalue weighted by Crippen LogP contribution is 2.41. The molecule has 0 spiro atoms. The molecule has 2 aliphatic rings. The fraction of sp³-hybridized carbons (Fsp3) is 0.417. The normalized spacial score (nSPS) is 23.1. The summed E-state index contributed by atoms with van der Waals surface area (Å²) in [7, 11) is 0. The molecule has 6 heteroatoms. The summed E-state index contributed by atoms with van der Waals surface area (Å²) in [4.78, 5) is 3.28. The predicted molar refractivity (Wildman–Crippen MR) is 114 cm³/mol. The Morgan fingerprint density at radius 3 is 3.07 bits per heavy atom. The topological polar surface area (TPSA) is 55.5 Å². The Balaban J connectivity index is 1.20. The number of hydrogen-bond acceptors (Lipinski definition) is 4. The molecule has 0 unspecified atom stereocenters. The Labute approximate surface area is 175 Å². The van der Waals surface area contributed by atoms with E-state index in [-0.39, 0.29) is 11.9 Å². The number of fused-ring (bicyclic) bond motifs is 2. The van der Waals surface area contributed by atoms with Crippen LogP contribution in [0.1, 0.15) is 37.7 Å². The first-order valence-electron chi connectivity index (χ1n) is 10.8. The molecule has 2 aromatic carbocycles. The summed E-state index contributed by atoms with van der Waals surface area (Å²) in [6.45, 7) is 3.79. The van der Waals surface area contributed by atoms with Gasteiger partial charge in [-0.1, -0.05) is 6.07 Å². The van der Waals surface area contributed by atoms with Crippen LogP contribution >= 0.6 is 0 Å². The van der Waals surface area contributed by atoms with Crippen LogP contribution in [0.3, 0.4) is 0 Å². The van der Waals surface area contributed by atoms with Crippen LogP contribution in [0.5, 0.6) is 17.2 Å². The average Bonchev–Trinajstić information content (AvgIpc) is 3.39. The van der Waals surface area contributed by atoms with Crippen LogP contribution in [0.4, 0.5) is 4.39 Å². The smallest absolute Gasteiger partial charge is 0.204 e. The van der Waals surface area contributed by atoms with Crippen molar-refractivity contribution in [2.75, 3.05) is 19.8 Å². The molecule has 5 nitrogen and oxygen atoms in total. The lowest BCUT2D eigenvalue weighted by Gasteiger charge is -2.29. The van der Waals surface area contributed by atoms with Crippen molar-refractivity contribution in [1.29, 1.82) is 0 Å². The SMILES string of the molecule is CCOc1cccc2c1O[C@@H](CN[C@H]1CC[C@@H](c3c[nH]c4ccc(F)cc34)C1)CO2. The first kappa shape index (κ1) is 19.2. The van der Waals surface area contributed by atoms with E-state index in [0.29, 0.717) is 30.9 Å². The number of nitrogens with one attached hydrogen (secondary N) is 2. The Kier molecular flexibility index (Phi) is 5.25. The molecule has 0 saturated heterocycles. The van der Waals surface area contributed by atoms with Crippen molar-refractivity contribution in [3.05, 3.63) is 54.0 Å². The quantitative estimate of drug-likeness (QED) is 0.615. The molecule has 1 aliphatic heterocycles. The summed E-state index contributed by atoms with van der Waals surface area (Å²) in [6.07, 6.45) is 5.22. The van der Waals surface area contributed by atoms with Gasteiger partial charge in [-0.2, -0.15) is 0 Å². The van der Waals surface area contributed by atoms with Gasteiger partial charge in [0.15, 0.2) is 11.5 Å². The van der Waals surface area contributed by atoms with Crippen molar-refractivity contribution in [2.24, 2.45) is 0 Å². The molecule has 2 heterocycles. The third-order valence-corrected chi connectivity index (χ3v) is 6.13. The Morgan fingerprint density at radius 1 is 1.23 bits per heavy atom. The second kappa shape index (κ2) is 8.19. The predicted octanol–water partition coefficient (Wildman–Crippen LogP) is 4.77. The lowest BCUT2D eigenvalue weighted by molar-refractivity contribution is 0.0834. The zero-order chi connectivity index (χ0) is 20.5. The minimum Gasteiger partial charge on any atom is -0.490 e. The largest absolute Gasteiger partial charge is 0.490 e. The minimum atomic E-state index is -0.183. The maximum absolute atomic E-state index is 13.7. The van der Waals surface area contributed by atoms with Gasteiger partial charge in [-0.3, -0.25) is 0 Å². The third-order valence-electron chi connectivity index (χ3n) is 6.13. The van der Waals surface area contributed by atoms with E-state index in [1.807, 2.05) is 37.4 Å². The Morgan fingerprint density at radius 2 is 2.17 bits per heavy atom. The zero-order valence-electron chi connectivity index (χ0n) is 17.1. The van der Waals surface area contributed by atoms with Gasteiger partial charge in [-0.25, -0.2) is 4.39 Å². The third kappa shape index (κ3) is 3.72. The number of rotatable bonds is 6. The number of H-pyrrole nitrogens is 1. The average molecular weight is 410 g/mol. The molecular formula is C24H27FN2O3. The van der Waals surface area contributed by atoms with E-state index in [1.54, 1.807) is 6.07 Å². The van der Waals surface area contributed by atoms with E-state index in [2.05, 4.69) is 10.3 Å². The highest BCUT2D eigenvalue weighted by Gasteiger charge is 2.30. The van der Waals surface area contributed by atoms with Crippen LogP contribution in [0.25, 0.3) is 10.9 Å². The molecule has 1 aliphatic carbocycles. The van der Waals surface area contributed by atoms with Gasteiger partial charge in [0.05, 0.1) is 6.61 Å². The first-order valence-corrected chi connectivity index (χ1v) is 10.8. The van der Waals surface area contributed by atoms with Crippen molar-refractivity contribution in [3.8, 4) is 17.2 Å². The van der Waals surface area contributed by atoms with Crippen LogP contribution in [-0.2, 0) is 0 Å². The van der Waals surface area contributed by atoms with Crippen LogP contribution in [-0.4, -0.2) is 36.9 Å². The summed E-state index contributed by atoms with van der Waals surface area (Å²) >= 11 is 0. The minimum absolute atomic E-state index is 0.0552. The van der Waals surface area contributed by atoms with E-state index in [1.165, 1.54) is 11.6 Å². The van der Waals surface area contributed by atoms with Crippen LogP contribution in [0, 0.1) is 5.82 Å². The molecule has 0 bridgehead atoms. The van der Waals surface area contributed by atoms with Crippen molar-refractivity contribution in [1.82, 2.24) is 10.3 Å². The van der Waals surface area contributed by atoms with E-state index in [4.69, 9.17) is 14.2 Å². The van der Waals surface area contributed by atoms with Gasteiger partial charge in [0.1, 0.15) is 18.5 Å². The number of aromatic nitrogens is 1. The summed E-state index contributed by atoms with van der Waals surface area (Å²) in [6, 6.07) is 11.1. The number of para-hydroxylation sites is 1. The van der Waals surface area contributed by atoms with Gasteiger partial charge in [0, 0.05) is 29.7 Å². The van der Waals surface area contributed by atoms with Gasteiger partial charge < -0.3 is 24.5 Å². The Bertz CT molecular complexity index is 1030. The molecule has 0 radical (unpaired) electrons. The zero-order valence-corrected chi connectivity index (χ0v) is 17.1. The maximum Gasteiger partial charge on any atom is 0.204 e. The highest BCUT2D eigenvalue weighted by molar-refractivity contribution is 5.83. The van der Waals surface area contributed by atoms with Gasteiger partial charge in [0.2, 0.25) is 5.75 Å². The van der Waals surface area contributed by atoms with Crippen LogP contribution in [0.2, 0.25) is 0 Å². The number of halogens is 1. The van der Waals surface area contributed by atoms with Gasteiger partial charge >= 0.3 is 0 Å². The van der Waals surface area contributed by atoms with Crippen molar-refractivity contribution in [2.45, 2.75) is 44.2 Å². The van der Waals surface area contributed by atoms with Crippen molar-refractivity contribution < 1.29 is 18.6 Å².